The largest absolute Gasteiger partial charge is 0.272 e. The van der Waals surface area contributed by atoms with Gasteiger partial charge in [-0.2, -0.15) is 0 Å². The molecular weight excluding hydrogens is 425 g/mol. The average Bonchev–Trinajstić information content (AvgIpc) is 2.95. The predicted octanol–water partition coefficient (Wildman–Crippen LogP) is 6.38. The van der Waals surface area contributed by atoms with E-state index >= 15 is 0 Å². The minimum absolute atomic E-state index is 0.361. The molecule has 0 saturated heterocycles. The third kappa shape index (κ3) is 3.84. The lowest BCUT2D eigenvalue weighted by atomic mass is 10.1. The maximum absolute atomic E-state index is 13.4. The Labute approximate surface area is 182 Å². The Kier molecular flexibility index (Phi) is 5.50. The van der Waals surface area contributed by atoms with Crippen LogP contribution in [0, 0.1) is 6.92 Å². The van der Waals surface area contributed by atoms with Gasteiger partial charge in [-0.15, -0.1) is 0 Å². The Morgan fingerprint density at radius 1 is 0.793 bits per heavy atom. The van der Waals surface area contributed by atoms with Gasteiger partial charge in [0.2, 0.25) is 0 Å². The molecule has 4 rings (SSSR count). The molecule has 2 amide bonds. The summed E-state index contributed by atoms with van der Waals surface area (Å²) in [6.07, 6.45) is 0. The maximum Gasteiger partial charge on any atom is 0.272 e. The summed E-state index contributed by atoms with van der Waals surface area (Å²) >= 11 is 13.4. The topological polar surface area (TPSA) is 37.4 Å². The molecule has 6 heteroatoms. The van der Waals surface area contributed by atoms with Crippen molar-refractivity contribution in [1.29, 1.82) is 0 Å². The van der Waals surface area contributed by atoms with Crippen molar-refractivity contribution in [2.24, 2.45) is 0 Å². The first-order valence-electron chi connectivity index (χ1n) is 8.84. The van der Waals surface area contributed by atoms with E-state index in [9.17, 15) is 9.59 Å². The van der Waals surface area contributed by atoms with Gasteiger partial charge in [-0.1, -0.05) is 71.4 Å². The van der Waals surface area contributed by atoms with E-state index in [1.807, 2.05) is 37.3 Å². The highest BCUT2D eigenvalue weighted by atomic mass is 35.5. The molecule has 3 nitrogen and oxygen atoms in total. The van der Waals surface area contributed by atoms with Gasteiger partial charge in [0, 0.05) is 14.9 Å². The molecule has 0 radical (unpaired) electrons. The number of thioether (sulfide) groups is 1. The smallest absolute Gasteiger partial charge is 0.268 e. The highest BCUT2D eigenvalue weighted by molar-refractivity contribution is 8.04. The minimum atomic E-state index is -0.374. The summed E-state index contributed by atoms with van der Waals surface area (Å²) in [5, 5.41) is 1.02. The lowest BCUT2D eigenvalue weighted by Crippen LogP contribution is -2.31. The van der Waals surface area contributed by atoms with E-state index in [2.05, 4.69) is 0 Å². The molecule has 0 bridgehead atoms. The maximum atomic E-state index is 13.4. The molecule has 0 spiro atoms. The second-order valence-electron chi connectivity index (χ2n) is 6.50. The fourth-order valence-electron chi connectivity index (χ4n) is 3.12. The number of halogens is 2. The first-order valence-corrected chi connectivity index (χ1v) is 10.4. The van der Waals surface area contributed by atoms with Gasteiger partial charge in [-0.3, -0.25) is 9.59 Å². The summed E-state index contributed by atoms with van der Waals surface area (Å²) in [5.41, 5.74) is 2.29. The number of benzene rings is 3. The van der Waals surface area contributed by atoms with Crippen molar-refractivity contribution < 1.29 is 9.59 Å². The number of anilines is 1. The molecule has 0 unspecified atom stereocenters. The van der Waals surface area contributed by atoms with Crippen LogP contribution < -0.4 is 4.90 Å². The number of hydrogen-bond acceptors (Lipinski definition) is 3. The van der Waals surface area contributed by atoms with Crippen LogP contribution >= 0.6 is 35.0 Å². The van der Waals surface area contributed by atoms with Crippen molar-refractivity contribution in [1.82, 2.24) is 0 Å². The third-order valence-electron chi connectivity index (χ3n) is 4.55. The zero-order chi connectivity index (χ0) is 20.5. The molecule has 1 aliphatic heterocycles. The summed E-state index contributed by atoms with van der Waals surface area (Å²) < 4.78 is 0. The molecule has 0 atom stereocenters. The average molecular weight is 440 g/mol. The summed E-state index contributed by atoms with van der Waals surface area (Å²) in [7, 11) is 0. The number of nitrogens with zero attached hydrogens (tertiary/aromatic N) is 1. The van der Waals surface area contributed by atoms with Crippen LogP contribution in [0.25, 0.3) is 5.57 Å². The van der Waals surface area contributed by atoms with Crippen molar-refractivity contribution in [3.63, 3.8) is 0 Å². The molecule has 0 fully saturated rings. The summed E-state index contributed by atoms with van der Waals surface area (Å²) in [4.78, 5) is 29.3. The van der Waals surface area contributed by atoms with Gasteiger partial charge in [-0.25, -0.2) is 4.90 Å². The number of hydrogen-bond donors (Lipinski definition) is 0. The number of rotatable bonds is 4. The van der Waals surface area contributed by atoms with Gasteiger partial charge in [0.05, 0.1) is 16.2 Å². The molecule has 1 heterocycles. The van der Waals surface area contributed by atoms with Gasteiger partial charge < -0.3 is 0 Å². The van der Waals surface area contributed by atoms with Gasteiger partial charge in [0.15, 0.2) is 0 Å². The van der Waals surface area contributed by atoms with Crippen molar-refractivity contribution in [3.05, 3.63) is 98.9 Å². The van der Waals surface area contributed by atoms with E-state index in [-0.39, 0.29) is 11.8 Å². The molecule has 0 aliphatic carbocycles. The SMILES string of the molecule is Cc1ccc(Cl)cc1N1C(=O)C(Sc2ccccc2)=C(c2ccc(Cl)cc2)C1=O. The molecule has 0 saturated carbocycles. The van der Waals surface area contributed by atoms with Crippen molar-refractivity contribution in [2.75, 3.05) is 4.90 Å². The van der Waals surface area contributed by atoms with Crippen LogP contribution in [0.4, 0.5) is 5.69 Å². The van der Waals surface area contributed by atoms with Gasteiger partial charge in [0.1, 0.15) is 0 Å². The number of carbonyl (C=O) groups is 2. The van der Waals surface area contributed by atoms with Crippen LogP contribution in [0.5, 0.6) is 0 Å². The van der Waals surface area contributed by atoms with E-state index in [1.165, 1.54) is 16.7 Å². The Morgan fingerprint density at radius 2 is 1.45 bits per heavy atom. The molecule has 0 aromatic heterocycles. The number of carbonyl (C=O) groups excluding carboxylic acids is 2. The quantitative estimate of drug-likeness (QED) is 0.442. The second-order valence-corrected chi connectivity index (χ2v) is 8.46. The van der Waals surface area contributed by atoms with E-state index in [1.54, 1.807) is 42.5 Å². The lowest BCUT2D eigenvalue weighted by molar-refractivity contribution is -0.119. The third-order valence-corrected chi connectivity index (χ3v) is 6.13. The molecule has 29 heavy (non-hydrogen) atoms. The van der Waals surface area contributed by atoms with Crippen molar-refractivity contribution in [3.8, 4) is 0 Å². The van der Waals surface area contributed by atoms with Crippen LogP contribution in [-0.4, -0.2) is 11.8 Å². The molecule has 0 N–H and O–H groups in total. The summed E-state index contributed by atoms with van der Waals surface area (Å²) in [6.45, 7) is 1.84. The number of aryl methyl sites for hydroxylation is 1. The van der Waals surface area contributed by atoms with Gasteiger partial charge in [-0.05, 0) is 54.4 Å². The van der Waals surface area contributed by atoms with Gasteiger partial charge >= 0.3 is 0 Å². The van der Waals surface area contributed by atoms with Crippen molar-refractivity contribution >= 4 is 58.0 Å². The normalized spacial score (nSPS) is 14.1. The molecule has 1 aliphatic rings. The molecule has 144 valence electrons. The summed E-state index contributed by atoms with van der Waals surface area (Å²) in [6, 6.07) is 21.6. The molecule has 3 aromatic rings. The van der Waals surface area contributed by atoms with E-state index in [4.69, 9.17) is 23.2 Å². The zero-order valence-electron chi connectivity index (χ0n) is 15.4. The number of amides is 2. The van der Waals surface area contributed by atoms with Crippen LogP contribution in [0.1, 0.15) is 11.1 Å². The first kappa shape index (κ1) is 19.8. The van der Waals surface area contributed by atoms with Crippen molar-refractivity contribution in [2.45, 2.75) is 11.8 Å². The summed E-state index contributed by atoms with van der Waals surface area (Å²) in [5.74, 6) is -0.736. The van der Waals surface area contributed by atoms with E-state index < -0.39 is 0 Å². The number of imide groups is 1. The Bertz CT molecular complexity index is 1140. The highest BCUT2D eigenvalue weighted by Crippen LogP contribution is 2.42. The first-order chi connectivity index (χ1) is 14.0. The Morgan fingerprint density at radius 3 is 2.14 bits per heavy atom. The van der Waals surface area contributed by atoms with E-state index in [0.29, 0.717) is 31.8 Å². The minimum Gasteiger partial charge on any atom is -0.268 e. The van der Waals surface area contributed by atoms with Crippen LogP contribution in [0.15, 0.2) is 82.6 Å². The zero-order valence-corrected chi connectivity index (χ0v) is 17.7. The van der Waals surface area contributed by atoms with Crippen LogP contribution in [0.3, 0.4) is 0 Å². The second kappa shape index (κ2) is 8.07. The van der Waals surface area contributed by atoms with E-state index in [0.717, 1.165) is 10.5 Å². The molecular formula is C23H15Cl2NO2S. The monoisotopic (exact) mass is 439 g/mol. The highest BCUT2D eigenvalue weighted by Gasteiger charge is 2.41. The van der Waals surface area contributed by atoms with Gasteiger partial charge in [0.25, 0.3) is 11.8 Å². The molecule has 3 aromatic carbocycles. The predicted molar refractivity (Wildman–Crippen MR) is 119 cm³/mol. The standard InChI is InChI=1S/C23H15Cl2NO2S/c1-14-7-10-17(25)13-19(14)26-22(27)20(15-8-11-16(24)12-9-15)21(23(26)28)29-18-5-3-2-4-6-18/h2-13H,1H3. The van der Waals surface area contributed by atoms with Crippen LogP contribution in [-0.2, 0) is 9.59 Å². The Hall–Kier alpha value is -2.53. The fourth-order valence-corrected chi connectivity index (χ4v) is 4.43. The van der Waals surface area contributed by atoms with Crippen LogP contribution in [0.2, 0.25) is 10.0 Å². The Balaban J connectivity index is 1.85. The lowest BCUT2D eigenvalue weighted by Gasteiger charge is -2.18. The fraction of sp³-hybridized carbons (Fsp3) is 0.0435.